The summed E-state index contributed by atoms with van der Waals surface area (Å²) >= 11 is 0. The fraction of sp³-hybridized carbons (Fsp3) is 0.500. The lowest BCUT2D eigenvalue weighted by Gasteiger charge is -1.69. The van der Waals surface area contributed by atoms with Crippen LogP contribution in [0.15, 0.2) is 11.8 Å². The summed E-state index contributed by atoms with van der Waals surface area (Å²) in [5.74, 6) is 0. The molecule has 0 aliphatic heterocycles. The maximum atomic E-state index is 9.74. The van der Waals surface area contributed by atoms with Crippen LogP contribution in [-0.4, -0.2) is 9.76 Å². The molecule has 0 atom stereocenters. The van der Waals surface area contributed by atoms with E-state index >= 15 is 0 Å². The van der Waals surface area contributed by atoms with Crippen LogP contribution in [0, 0.1) is 0 Å². The fourth-order valence-corrected chi connectivity index (χ4v) is 0.704. The van der Waals surface area contributed by atoms with Gasteiger partial charge in [0.1, 0.15) is 0 Å². The van der Waals surface area contributed by atoms with Crippen molar-refractivity contribution in [3.8, 4) is 0 Å². The average molecular weight is 101 g/mol. The van der Waals surface area contributed by atoms with Gasteiger partial charge in [0.2, 0.25) is 9.76 Å². The summed E-state index contributed by atoms with van der Waals surface area (Å²) in [6.45, 7) is 2.03. The molecule has 0 heterocycles. The van der Waals surface area contributed by atoms with E-state index in [1.807, 2.05) is 13.0 Å². The summed E-state index contributed by atoms with van der Waals surface area (Å²) in [5, 5.41) is 0. The third kappa shape index (κ3) is 3.92. The zero-order valence-electron chi connectivity index (χ0n) is 3.98. The maximum absolute atomic E-state index is 9.74. The van der Waals surface area contributed by atoms with Gasteiger partial charge >= 0.3 is 0 Å². The van der Waals surface area contributed by atoms with E-state index in [1.165, 1.54) is 0 Å². The zero-order chi connectivity index (χ0) is 4.83. The van der Waals surface area contributed by atoms with Crippen molar-refractivity contribution >= 4 is 9.76 Å². The molecular formula is C4H9OSi. The van der Waals surface area contributed by atoms with Gasteiger partial charge in [0.25, 0.3) is 0 Å². The first-order valence-corrected chi connectivity index (χ1v) is 3.54. The Morgan fingerprint density at radius 2 is 2.50 bits per heavy atom. The summed E-state index contributed by atoms with van der Waals surface area (Å²) < 4.78 is 0. The molecular weight excluding hydrogens is 92.1 g/mol. The van der Waals surface area contributed by atoms with Crippen molar-refractivity contribution in [2.45, 2.75) is 13.3 Å². The van der Waals surface area contributed by atoms with Gasteiger partial charge < -0.3 is 4.80 Å². The van der Waals surface area contributed by atoms with Gasteiger partial charge in [-0.3, -0.25) is 0 Å². The van der Waals surface area contributed by atoms with Crippen LogP contribution in [0.2, 0.25) is 0 Å². The molecule has 6 heavy (non-hydrogen) atoms. The standard InChI is InChI=1S/C4H9OSi/c1-2-3-4-6-5/h3-4H,2,6H2,1H3. The molecule has 35 valence electrons. The lowest BCUT2D eigenvalue weighted by Crippen LogP contribution is -1.71. The second kappa shape index (κ2) is 4.92. The Bertz CT molecular complexity index is 36.8. The molecule has 0 unspecified atom stereocenters. The van der Waals surface area contributed by atoms with E-state index in [0.29, 0.717) is 0 Å². The van der Waals surface area contributed by atoms with E-state index in [0.717, 1.165) is 6.42 Å². The van der Waals surface area contributed by atoms with Crippen molar-refractivity contribution < 1.29 is 4.80 Å². The van der Waals surface area contributed by atoms with E-state index in [-0.39, 0.29) is 0 Å². The van der Waals surface area contributed by atoms with Gasteiger partial charge in [-0.05, 0) is 6.42 Å². The predicted octanol–water partition coefficient (Wildman–Crippen LogP) is 0.424. The van der Waals surface area contributed by atoms with Gasteiger partial charge in [-0.25, -0.2) is 0 Å². The molecule has 0 rings (SSSR count). The second-order valence-corrected chi connectivity index (χ2v) is 1.85. The van der Waals surface area contributed by atoms with Crippen LogP contribution >= 0.6 is 0 Å². The van der Waals surface area contributed by atoms with Gasteiger partial charge in [0.15, 0.2) is 0 Å². The fourth-order valence-electron chi connectivity index (χ4n) is 0.235. The molecule has 0 bridgehead atoms. The van der Waals surface area contributed by atoms with Gasteiger partial charge in [-0.2, -0.15) is 0 Å². The molecule has 0 N–H and O–H groups in total. The first kappa shape index (κ1) is 5.92. The van der Waals surface area contributed by atoms with Gasteiger partial charge in [0.05, 0.1) is 0 Å². The highest BCUT2D eigenvalue weighted by atomic mass is 28.2. The first-order valence-electron chi connectivity index (χ1n) is 2.15. The minimum Gasteiger partial charge on any atom is -0.301 e. The van der Waals surface area contributed by atoms with E-state index < -0.39 is 9.76 Å². The zero-order valence-corrected chi connectivity index (χ0v) is 5.39. The molecule has 0 aromatic carbocycles. The molecule has 0 spiro atoms. The van der Waals surface area contributed by atoms with Crippen molar-refractivity contribution in [2.75, 3.05) is 0 Å². The summed E-state index contributed by atoms with van der Waals surface area (Å²) in [5.41, 5.74) is 1.76. The lowest BCUT2D eigenvalue weighted by molar-refractivity contribution is 0.483. The number of hydrogen-bond donors (Lipinski definition) is 0. The molecule has 0 saturated heterocycles. The van der Waals surface area contributed by atoms with Crippen LogP contribution in [0.25, 0.3) is 0 Å². The Hall–Kier alpha value is -0.0831. The molecule has 0 aromatic rings. The molecule has 1 nitrogen and oxygen atoms in total. The highest BCUT2D eigenvalue weighted by molar-refractivity contribution is 6.32. The number of hydrogen-bond acceptors (Lipinski definition) is 0. The first-order chi connectivity index (χ1) is 2.91. The SMILES string of the molecule is CCC=C[SiH2][O]. The minimum atomic E-state index is -1.03. The van der Waals surface area contributed by atoms with Gasteiger partial charge in [0, 0.05) is 0 Å². The predicted molar refractivity (Wildman–Crippen MR) is 28.7 cm³/mol. The Morgan fingerprint density at radius 1 is 1.83 bits per heavy atom. The van der Waals surface area contributed by atoms with E-state index in [9.17, 15) is 4.80 Å². The third-order valence-electron chi connectivity index (χ3n) is 0.499. The van der Waals surface area contributed by atoms with Crippen molar-refractivity contribution in [3.05, 3.63) is 11.8 Å². The normalized spacial score (nSPS) is 12.3. The largest absolute Gasteiger partial charge is 0.301 e. The van der Waals surface area contributed by atoms with E-state index in [2.05, 4.69) is 0 Å². The third-order valence-corrected chi connectivity index (χ3v) is 1.02. The molecule has 0 fully saturated rings. The van der Waals surface area contributed by atoms with Crippen LogP contribution < -0.4 is 0 Å². The minimum absolute atomic E-state index is 1.01. The monoisotopic (exact) mass is 101 g/mol. The summed E-state index contributed by atoms with van der Waals surface area (Å²) in [6.07, 6.45) is 2.94. The van der Waals surface area contributed by atoms with Crippen molar-refractivity contribution in [3.63, 3.8) is 0 Å². The maximum Gasteiger partial charge on any atom is 0.230 e. The quantitative estimate of drug-likeness (QED) is 0.449. The Kier molecular flexibility index (Phi) is 4.85. The van der Waals surface area contributed by atoms with E-state index in [1.54, 1.807) is 5.70 Å². The molecule has 0 aromatic heterocycles. The molecule has 0 aliphatic rings. The Morgan fingerprint density at radius 3 is 2.67 bits per heavy atom. The van der Waals surface area contributed by atoms with Gasteiger partial charge in [-0.15, -0.1) is 0 Å². The molecule has 0 aliphatic carbocycles. The lowest BCUT2D eigenvalue weighted by atomic mass is 10.5. The van der Waals surface area contributed by atoms with Crippen LogP contribution in [0.4, 0.5) is 0 Å². The second-order valence-electron chi connectivity index (χ2n) is 1.05. The average Bonchev–Trinajstić information content (AvgIpc) is 1.61. The highest BCUT2D eigenvalue weighted by Gasteiger charge is 1.65. The summed E-state index contributed by atoms with van der Waals surface area (Å²) in [6, 6.07) is 0. The van der Waals surface area contributed by atoms with Crippen LogP contribution in [0.3, 0.4) is 0 Å². The Balaban J connectivity index is 2.73. The smallest absolute Gasteiger partial charge is 0.230 e. The topological polar surface area (TPSA) is 19.9 Å². The van der Waals surface area contributed by atoms with Crippen molar-refractivity contribution in [2.24, 2.45) is 0 Å². The summed E-state index contributed by atoms with van der Waals surface area (Å²) in [4.78, 5) is 9.74. The molecule has 0 amide bonds. The Labute approximate surface area is 40.6 Å². The van der Waals surface area contributed by atoms with Crippen LogP contribution in [0.5, 0.6) is 0 Å². The number of allylic oxidation sites excluding steroid dienone is 1. The highest BCUT2D eigenvalue weighted by Crippen LogP contribution is 1.73. The number of rotatable bonds is 2. The van der Waals surface area contributed by atoms with Crippen molar-refractivity contribution in [1.82, 2.24) is 0 Å². The molecule has 2 heteroatoms. The molecule has 0 saturated carbocycles. The van der Waals surface area contributed by atoms with Gasteiger partial charge in [-0.1, -0.05) is 18.7 Å². The summed E-state index contributed by atoms with van der Waals surface area (Å²) in [7, 11) is -1.03. The van der Waals surface area contributed by atoms with E-state index in [4.69, 9.17) is 0 Å². The van der Waals surface area contributed by atoms with Crippen molar-refractivity contribution in [1.29, 1.82) is 0 Å². The van der Waals surface area contributed by atoms with Crippen LogP contribution in [-0.2, 0) is 4.80 Å². The molecule has 1 radical (unpaired) electrons. The van der Waals surface area contributed by atoms with Crippen LogP contribution in [0.1, 0.15) is 13.3 Å².